The Bertz CT molecular complexity index is 1290. The van der Waals surface area contributed by atoms with Crippen molar-refractivity contribution in [2.75, 3.05) is 18.5 Å². The van der Waals surface area contributed by atoms with Crippen molar-refractivity contribution in [3.05, 3.63) is 88.0 Å². The summed E-state index contributed by atoms with van der Waals surface area (Å²) in [5, 5.41) is 11.2. The van der Waals surface area contributed by atoms with Crippen molar-refractivity contribution in [1.29, 1.82) is 0 Å². The highest BCUT2D eigenvalue weighted by atomic mass is 32.2. The number of halogens is 3. The summed E-state index contributed by atoms with van der Waals surface area (Å²) in [5.74, 6) is 0.542. The molecule has 34 heavy (non-hydrogen) atoms. The first-order valence-electron chi connectivity index (χ1n) is 9.62. The normalized spacial score (nSPS) is 11.7. The number of benzene rings is 3. The lowest BCUT2D eigenvalue weighted by molar-refractivity contribution is -0.385. The maximum Gasteiger partial charge on any atom is 0.416 e. The third-order valence-corrected chi connectivity index (χ3v) is 6.65. The number of hydrogen-bond donors (Lipinski definition) is 0. The molecule has 0 spiro atoms. The van der Waals surface area contributed by atoms with Crippen molar-refractivity contribution in [3.8, 4) is 11.5 Å². The molecule has 0 aliphatic heterocycles. The predicted molar refractivity (Wildman–Crippen MR) is 117 cm³/mol. The Morgan fingerprint density at radius 1 is 0.941 bits per heavy atom. The Kier molecular flexibility index (Phi) is 7.01. The van der Waals surface area contributed by atoms with Crippen LogP contribution < -0.4 is 13.8 Å². The Balaban J connectivity index is 2.12. The van der Waals surface area contributed by atoms with Gasteiger partial charge < -0.3 is 9.47 Å². The smallest absolute Gasteiger partial charge is 0.416 e. The first-order valence-corrected chi connectivity index (χ1v) is 11.1. The fraction of sp³-hybridized carbons (Fsp3) is 0.182. The summed E-state index contributed by atoms with van der Waals surface area (Å²) in [7, 11) is -1.62. The summed E-state index contributed by atoms with van der Waals surface area (Å²) in [6.07, 6.45) is -4.55. The third-order valence-electron chi connectivity index (χ3n) is 4.88. The van der Waals surface area contributed by atoms with E-state index in [1.807, 2.05) is 0 Å². The van der Waals surface area contributed by atoms with Gasteiger partial charge in [0, 0.05) is 18.2 Å². The molecule has 0 heterocycles. The lowest BCUT2D eigenvalue weighted by Gasteiger charge is -2.25. The molecule has 0 aromatic heterocycles. The van der Waals surface area contributed by atoms with E-state index in [9.17, 15) is 31.7 Å². The molecule has 0 atom stereocenters. The van der Waals surface area contributed by atoms with Crippen LogP contribution in [-0.2, 0) is 22.7 Å². The van der Waals surface area contributed by atoms with E-state index >= 15 is 0 Å². The predicted octanol–water partition coefficient (Wildman–Crippen LogP) is 5.03. The van der Waals surface area contributed by atoms with Crippen LogP contribution in [-0.4, -0.2) is 27.6 Å². The van der Waals surface area contributed by atoms with Gasteiger partial charge in [0.05, 0.1) is 41.8 Å². The van der Waals surface area contributed by atoms with E-state index in [1.165, 1.54) is 56.7 Å². The third kappa shape index (κ3) is 5.22. The second-order valence-corrected chi connectivity index (χ2v) is 8.86. The summed E-state index contributed by atoms with van der Waals surface area (Å²) in [6, 6.07) is 12.8. The summed E-state index contributed by atoms with van der Waals surface area (Å²) in [6.45, 7) is -0.349. The number of hydrogen-bond acceptors (Lipinski definition) is 6. The molecular formula is C22H19F3N2O6S. The molecule has 0 bridgehead atoms. The molecule has 180 valence electrons. The summed E-state index contributed by atoms with van der Waals surface area (Å²) < 4.78 is 77.2. The second kappa shape index (κ2) is 9.59. The van der Waals surface area contributed by atoms with E-state index in [1.54, 1.807) is 0 Å². The molecular weight excluding hydrogens is 477 g/mol. The van der Waals surface area contributed by atoms with Crippen molar-refractivity contribution in [3.63, 3.8) is 0 Å². The average Bonchev–Trinajstić information content (AvgIpc) is 2.81. The minimum Gasteiger partial charge on any atom is -0.493 e. The van der Waals surface area contributed by atoms with Crippen LogP contribution in [0.2, 0.25) is 0 Å². The van der Waals surface area contributed by atoms with Gasteiger partial charge in [-0.25, -0.2) is 8.42 Å². The molecule has 0 aliphatic rings. The maximum atomic E-state index is 13.5. The van der Waals surface area contributed by atoms with Crippen LogP contribution in [0.3, 0.4) is 0 Å². The van der Waals surface area contributed by atoms with E-state index in [-0.39, 0.29) is 28.4 Å². The van der Waals surface area contributed by atoms with E-state index in [2.05, 4.69) is 0 Å². The van der Waals surface area contributed by atoms with E-state index in [0.29, 0.717) is 5.75 Å². The summed E-state index contributed by atoms with van der Waals surface area (Å²) in [4.78, 5) is 10.1. The maximum absolute atomic E-state index is 13.5. The zero-order chi connectivity index (χ0) is 25.1. The Hall–Kier alpha value is -3.80. The molecule has 12 heteroatoms. The zero-order valence-corrected chi connectivity index (χ0v) is 18.8. The number of methoxy groups -OCH3 is 2. The van der Waals surface area contributed by atoms with Gasteiger partial charge >= 0.3 is 6.18 Å². The molecule has 0 aliphatic carbocycles. The molecule has 8 nitrogen and oxygen atoms in total. The first-order chi connectivity index (χ1) is 16.0. The van der Waals surface area contributed by atoms with E-state index in [0.717, 1.165) is 28.6 Å². The number of alkyl halides is 3. The fourth-order valence-electron chi connectivity index (χ4n) is 3.14. The highest BCUT2D eigenvalue weighted by Gasteiger charge is 2.31. The highest BCUT2D eigenvalue weighted by Crippen LogP contribution is 2.35. The number of non-ortho nitro benzene ring substituents is 1. The van der Waals surface area contributed by atoms with Gasteiger partial charge in [0.1, 0.15) is 0 Å². The summed E-state index contributed by atoms with van der Waals surface area (Å²) >= 11 is 0. The van der Waals surface area contributed by atoms with Gasteiger partial charge in [0.25, 0.3) is 15.7 Å². The van der Waals surface area contributed by atoms with Crippen molar-refractivity contribution in [2.24, 2.45) is 0 Å². The molecule has 0 saturated heterocycles. The molecule has 3 rings (SSSR count). The molecule has 0 fully saturated rings. The van der Waals surface area contributed by atoms with Crippen molar-refractivity contribution >= 4 is 21.4 Å². The van der Waals surface area contributed by atoms with Crippen LogP contribution in [0.25, 0.3) is 0 Å². The molecule has 0 amide bonds. The average molecular weight is 496 g/mol. The second-order valence-electron chi connectivity index (χ2n) is 7.00. The molecule has 3 aromatic rings. The van der Waals surface area contributed by atoms with Crippen molar-refractivity contribution in [2.45, 2.75) is 17.6 Å². The minimum atomic E-state index is -4.55. The standard InChI is InChI=1S/C22H19F3N2O6S/c1-32-20-11-10-17(13-21(20)33-2)26(14-15-6-8-16(9-7-15)22(23,24)25)34(30,31)19-5-3-4-18(12-19)27(28)29/h3-13H,14H2,1-2H3. The molecule has 3 aromatic carbocycles. The number of nitrogens with zero attached hydrogens (tertiary/aromatic N) is 2. The van der Waals surface area contributed by atoms with Crippen molar-refractivity contribution in [1.82, 2.24) is 0 Å². The summed E-state index contributed by atoms with van der Waals surface area (Å²) in [5.41, 5.74) is -0.931. The van der Waals surface area contributed by atoms with Crippen LogP contribution in [0.4, 0.5) is 24.5 Å². The largest absolute Gasteiger partial charge is 0.493 e. The lowest BCUT2D eigenvalue weighted by atomic mass is 10.1. The topological polar surface area (TPSA) is 99.0 Å². The van der Waals surface area contributed by atoms with Gasteiger partial charge in [-0.3, -0.25) is 14.4 Å². The Morgan fingerprint density at radius 3 is 2.15 bits per heavy atom. The number of anilines is 1. The van der Waals surface area contributed by atoms with Crippen LogP contribution in [0, 0.1) is 10.1 Å². The number of sulfonamides is 1. The van der Waals surface area contributed by atoms with Crippen LogP contribution in [0.1, 0.15) is 11.1 Å². The van der Waals surface area contributed by atoms with Gasteiger partial charge in [0.15, 0.2) is 11.5 Å². The van der Waals surface area contributed by atoms with Crippen LogP contribution in [0.5, 0.6) is 11.5 Å². The number of nitro groups is 1. The van der Waals surface area contributed by atoms with Gasteiger partial charge in [-0.2, -0.15) is 13.2 Å². The molecule has 0 N–H and O–H groups in total. The number of ether oxygens (including phenoxy) is 2. The highest BCUT2D eigenvalue weighted by molar-refractivity contribution is 7.92. The molecule has 0 radical (unpaired) electrons. The van der Waals surface area contributed by atoms with E-state index in [4.69, 9.17) is 9.47 Å². The van der Waals surface area contributed by atoms with Gasteiger partial charge in [-0.15, -0.1) is 0 Å². The Morgan fingerprint density at radius 2 is 1.59 bits per heavy atom. The van der Waals surface area contributed by atoms with E-state index < -0.39 is 32.4 Å². The first kappa shape index (κ1) is 24.8. The van der Waals surface area contributed by atoms with Gasteiger partial charge in [0.2, 0.25) is 0 Å². The minimum absolute atomic E-state index is 0.115. The zero-order valence-electron chi connectivity index (χ0n) is 17.9. The van der Waals surface area contributed by atoms with Crippen LogP contribution >= 0.6 is 0 Å². The fourth-order valence-corrected chi connectivity index (χ4v) is 4.63. The van der Waals surface area contributed by atoms with Gasteiger partial charge in [-0.1, -0.05) is 18.2 Å². The monoisotopic (exact) mass is 496 g/mol. The molecule has 0 saturated carbocycles. The molecule has 0 unspecified atom stereocenters. The van der Waals surface area contributed by atoms with Gasteiger partial charge in [-0.05, 0) is 35.9 Å². The number of rotatable bonds is 8. The SMILES string of the molecule is COc1ccc(N(Cc2ccc(C(F)(F)F)cc2)S(=O)(=O)c2cccc([N+](=O)[O-])c2)cc1OC. The lowest BCUT2D eigenvalue weighted by Crippen LogP contribution is -2.30. The number of nitro benzene ring substituents is 1. The van der Waals surface area contributed by atoms with Crippen molar-refractivity contribution < 1.29 is 36.0 Å². The van der Waals surface area contributed by atoms with Crippen LogP contribution in [0.15, 0.2) is 71.6 Å². The quantitative estimate of drug-likeness (QED) is 0.321. The Labute approximate surface area is 193 Å².